The van der Waals surface area contributed by atoms with Gasteiger partial charge in [0.2, 0.25) is 23.7 Å². The number of piperidine rings is 2. The Labute approximate surface area is 341 Å². The predicted molar refractivity (Wildman–Crippen MR) is 220 cm³/mol. The van der Waals surface area contributed by atoms with Crippen molar-refractivity contribution in [3.8, 4) is 0 Å². The minimum Gasteiger partial charge on any atom is -0.371 e. The molecule has 16 nitrogen and oxygen atoms in total. The molecule has 3 aromatic heterocycles. The second kappa shape index (κ2) is 15.5. The molecule has 4 fully saturated rings. The number of piperazine rings is 1. The SMILES string of the molecule is CC(=O)c1c(C)c2cnc(Nc3ccc(N4CCN(C(=O)C5CCN(c6ccc7c(c6)CN(C6CCC(=O)NC6=O)C7=O)CC5)CC4)cn3)nc2n(C2CCCC2)c1=O. The second-order valence-electron chi connectivity index (χ2n) is 16.4. The van der Waals surface area contributed by atoms with Gasteiger partial charge in [-0.05, 0) is 87.4 Å². The average molecular weight is 801 g/mol. The number of carbonyl (C=O) groups is 5. The van der Waals surface area contributed by atoms with Gasteiger partial charge >= 0.3 is 0 Å². The number of ketones is 1. The lowest BCUT2D eigenvalue weighted by Crippen LogP contribution is -2.52. The Morgan fingerprint density at radius 1 is 0.831 bits per heavy atom. The van der Waals surface area contributed by atoms with Gasteiger partial charge in [0.25, 0.3) is 11.5 Å². The van der Waals surface area contributed by atoms with Crippen molar-refractivity contribution in [3.05, 3.63) is 75.3 Å². The van der Waals surface area contributed by atoms with Gasteiger partial charge in [0, 0.05) is 87.0 Å². The molecule has 4 aliphatic heterocycles. The van der Waals surface area contributed by atoms with Crippen molar-refractivity contribution in [2.75, 3.05) is 54.4 Å². The largest absolute Gasteiger partial charge is 0.371 e. The Hall–Kier alpha value is -6.19. The fourth-order valence-corrected chi connectivity index (χ4v) is 9.66. The Morgan fingerprint density at radius 3 is 2.25 bits per heavy atom. The van der Waals surface area contributed by atoms with E-state index in [9.17, 15) is 28.8 Å². The van der Waals surface area contributed by atoms with E-state index in [1.807, 2.05) is 35.2 Å². The van der Waals surface area contributed by atoms with Crippen LogP contribution in [0.2, 0.25) is 0 Å². The highest BCUT2D eigenvalue weighted by molar-refractivity contribution is 6.05. The molecule has 1 aliphatic carbocycles. The Morgan fingerprint density at radius 2 is 1.56 bits per heavy atom. The summed E-state index contributed by atoms with van der Waals surface area (Å²) in [5.41, 5.74) is 4.47. The van der Waals surface area contributed by atoms with Crippen LogP contribution in [0.3, 0.4) is 0 Å². The average Bonchev–Trinajstić information content (AvgIpc) is 3.89. The van der Waals surface area contributed by atoms with Crippen molar-refractivity contribution >= 4 is 63.6 Å². The van der Waals surface area contributed by atoms with Gasteiger partial charge in [-0.1, -0.05) is 12.8 Å². The highest BCUT2D eigenvalue weighted by Gasteiger charge is 2.40. The topological polar surface area (TPSA) is 183 Å². The highest BCUT2D eigenvalue weighted by Crippen LogP contribution is 2.34. The van der Waals surface area contributed by atoms with Gasteiger partial charge in [0.05, 0.1) is 17.4 Å². The monoisotopic (exact) mass is 800 g/mol. The number of fused-ring (bicyclic) bond motifs is 2. The number of aryl methyl sites for hydroxylation is 1. The number of nitrogens with zero attached hydrogens (tertiary/aromatic N) is 8. The standard InChI is InChI=1S/C43H48N10O6/c1-25-33-23-45-43(48-38(33)53(29-5-3-4-6-29)42(59)37(25)26(2)54)46-35-11-8-31(22-44-35)50-17-19-51(20-18-50)40(57)27-13-15-49(16-14-27)30-7-9-32-28(21-30)24-52(41(32)58)34-10-12-36(55)47-39(34)56/h7-9,11,21-23,27,29,34H,3-6,10,12-20,24H2,1-2H3,(H,47,55,56)(H,44,45,46,48). The number of anilines is 4. The second-order valence-corrected chi connectivity index (χ2v) is 16.4. The molecule has 0 radical (unpaired) electrons. The molecule has 1 atom stereocenters. The summed E-state index contributed by atoms with van der Waals surface area (Å²) in [5.74, 6) is -0.129. The van der Waals surface area contributed by atoms with E-state index < -0.39 is 11.9 Å². The third-order valence-electron chi connectivity index (χ3n) is 12.9. The first-order valence-corrected chi connectivity index (χ1v) is 20.8. The number of nitrogens with one attached hydrogen (secondary N) is 2. The smallest absolute Gasteiger partial charge is 0.263 e. The summed E-state index contributed by atoms with van der Waals surface area (Å²) in [6, 6.07) is 9.02. The van der Waals surface area contributed by atoms with Gasteiger partial charge in [-0.25, -0.2) is 9.97 Å². The van der Waals surface area contributed by atoms with Crippen LogP contribution in [0.15, 0.2) is 47.5 Å². The van der Waals surface area contributed by atoms with E-state index in [1.54, 1.807) is 28.8 Å². The van der Waals surface area contributed by atoms with E-state index in [0.29, 0.717) is 73.1 Å². The zero-order chi connectivity index (χ0) is 40.9. The van der Waals surface area contributed by atoms with Crippen molar-refractivity contribution in [2.24, 2.45) is 5.92 Å². The Balaban J connectivity index is 0.782. The molecule has 4 aromatic rings. The molecule has 3 saturated heterocycles. The summed E-state index contributed by atoms with van der Waals surface area (Å²) < 4.78 is 1.70. The minimum absolute atomic E-state index is 0.00667. The van der Waals surface area contributed by atoms with E-state index in [4.69, 9.17) is 4.98 Å². The summed E-state index contributed by atoms with van der Waals surface area (Å²) in [7, 11) is 0. The quantitative estimate of drug-likeness (QED) is 0.194. The maximum Gasteiger partial charge on any atom is 0.263 e. The lowest BCUT2D eigenvalue weighted by atomic mass is 9.94. The number of benzene rings is 1. The Kier molecular flexibility index (Phi) is 10.1. The van der Waals surface area contributed by atoms with E-state index in [-0.39, 0.29) is 53.0 Å². The van der Waals surface area contributed by atoms with Crippen molar-refractivity contribution in [2.45, 2.75) is 83.8 Å². The lowest BCUT2D eigenvalue weighted by molar-refractivity contribution is -0.137. The number of pyridine rings is 2. The zero-order valence-electron chi connectivity index (χ0n) is 33.4. The van der Waals surface area contributed by atoms with Crippen LogP contribution < -0.4 is 26.0 Å². The van der Waals surface area contributed by atoms with Crippen molar-refractivity contribution in [1.29, 1.82) is 0 Å². The van der Waals surface area contributed by atoms with Gasteiger partial charge < -0.3 is 24.9 Å². The van der Waals surface area contributed by atoms with E-state index >= 15 is 0 Å². The Bertz CT molecular complexity index is 2430. The van der Waals surface area contributed by atoms with Crippen LogP contribution in [0.5, 0.6) is 0 Å². The van der Waals surface area contributed by atoms with E-state index in [1.165, 1.54) is 6.92 Å². The fourth-order valence-electron chi connectivity index (χ4n) is 9.66. The fraction of sp³-hybridized carbons (Fsp3) is 0.465. The molecule has 5 aliphatic rings. The van der Waals surface area contributed by atoms with Crippen molar-refractivity contribution < 1.29 is 24.0 Å². The van der Waals surface area contributed by atoms with Gasteiger partial charge in [-0.3, -0.25) is 38.7 Å². The van der Waals surface area contributed by atoms with E-state index in [0.717, 1.165) is 68.6 Å². The van der Waals surface area contributed by atoms with Crippen LogP contribution in [-0.2, 0) is 20.9 Å². The third kappa shape index (κ3) is 7.18. The van der Waals surface area contributed by atoms with Crippen LogP contribution in [0.1, 0.15) is 96.2 Å². The van der Waals surface area contributed by atoms with Gasteiger partial charge in [0.15, 0.2) is 5.78 Å². The third-order valence-corrected chi connectivity index (χ3v) is 12.9. The highest BCUT2D eigenvalue weighted by atomic mass is 16.2. The number of hydrogen-bond donors (Lipinski definition) is 2. The van der Waals surface area contributed by atoms with Crippen LogP contribution >= 0.6 is 0 Å². The molecule has 306 valence electrons. The van der Waals surface area contributed by atoms with Crippen LogP contribution in [0, 0.1) is 12.8 Å². The lowest BCUT2D eigenvalue weighted by Gasteiger charge is -2.39. The van der Waals surface area contributed by atoms with Gasteiger partial charge in [-0.2, -0.15) is 4.98 Å². The van der Waals surface area contributed by atoms with Gasteiger partial charge in [0.1, 0.15) is 17.5 Å². The number of Topliss-reactive ketones (excluding diaryl/α,β-unsaturated/α-hetero) is 1. The zero-order valence-corrected chi connectivity index (χ0v) is 33.4. The first-order valence-electron chi connectivity index (χ1n) is 20.8. The minimum atomic E-state index is -0.641. The molecule has 0 spiro atoms. The molecule has 4 amide bonds. The number of rotatable bonds is 8. The molecule has 59 heavy (non-hydrogen) atoms. The maximum atomic E-state index is 13.7. The normalized spacial score (nSPS) is 20.4. The summed E-state index contributed by atoms with van der Waals surface area (Å²) in [5, 5.41) is 6.24. The molecule has 16 heteroatoms. The van der Waals surface area contributed by atoms with Crippen LogP contribution in [-0.4, -0.2) is 104 Å². The molecule has 9 rings (SSSR count). The molecule has 2 N–H and O–H groups in total. The molecule has 1 unspecified atom stereocenters. The summed E-state index contributed by atoms with van der Waals surface area (Å²) >= 11 is 0. The molecule has 1 saturated carbocycles. The molecular formula is C43H48N10O6. The predicted octanol–water partition coefficient (Wildman–Crippen LogP) is 3.88. The van der Waals surface area contributed by atoms with E-state index in [2.05, 4.69) is 30.4 Å². The molecular weight excluding hydrogens is 753 g/mol. The van der Waals surface area contributed by atoms with Crippen LogP contribution in [0.25, 0.3) is 11.0 Å². The molecule has 7 heterocycles. The summed E-state index contributed by atoms with van der Waals surface area (Å²) in [6.07, 6.45) is 9.31. The first kappa shape index (κ1) is 38.3. The van der Waals surface area contributed by atoms with Crippen molar-refractivity contribution in [1.82, 2.24) is 34.6 Å². The summed E-state index contributed by atoms with van der Waals surface area (Å²) in [6.45, 7) is 7.64. The van der Waals surface area contributed by atoms with Crippen LogP contribution in [0.4, 0.5) is 23.1 Å². The summed E-state index contributed by atoms with van der Waals surface area (Å²) in [4.78, 5) is 98.9. The maximum absolute atomic E-state index is 13.7. The number of amides is 4. The molecule has 1 aromatic carbocycles. The number of aromatic nitrogens is 4. The number of hydrogen-bond acceptors (Lipinski definition) is 12. The number of carbonyl (C=O) groups excluding carboxylic acids is 5. The molecule has 0 bridgehead atoms. The van der Waals surface area contributed by atoms with Gasteiger partial charge in [-0.15, -0.1) is 0 Å². The first-order chi connectivity index (χ1) is 28.5. The number of imide groups is 1. The van der Waals surface area contributed by atoms with Crippen molar-refractivity contribution in [3.63, 3.8) is 0 Å².